The van der Waals surface area contributed by atoms with E-state index >= 15 is 0 Å². The minimum Gasteiger partial charge on any atom is -0.389 e. The van der Waals surface area contributed by atoms with Crippen LogP contribution in [-0.4, -0.2) is 9.56 Å². The summed E-state index contributed by atoms with van der Waals surface area (Å²) in [6, 6.07) is 8.21. The summed E-state index contributed by atoms with van der Waals surface area (Å²) in [5.74, 6) is 0. The fourth-order valence-electron chi connectivity index (χ4n) is 1.96. The molecule has 0 spiro atoms. The zero-order chi connectivity index (χ0) is 11.5. The zero-order valence-corrected chi connectivity index (χ0v) is 10.3. The highest BCUT2D eigenvalue weighted by atomic mass is 32.1. The van der Waals surface area contributed by atoms with Gasteiger partial charge in [-0.25, -0.2) is 0 Å². The Morgan fingerprint density at radius 1 is 1.38 bits per heavy atom. The van der Waals surface area contributed by atoms with Gasteiger partial charge in [0.15, 0.2) is 0 Å². The van der Waals surface area contributed by atoms with Gasteiger partial charge in [-0.15, -0.1) is 0 Å². The van der Waals surface area contributed by atoms with Crippen LogP contribution >= 0.6 is 12.2 Å². The number of benzene rings is 1. The van der Waals surface area contributed by atoms with E-state index < -0.39 is 0 Å². The summed E-state index contributed by atoms with van der Waals surface area (Å²) < 4.78 is 2.26. The maximum absolute atomic E-state index is 5.71. The molecule has 0 unspecified atom stereocenters. The van der Waals surface area contributed by atoms with Crippen molar-refractivity contribution in [2.45, 2.75) is 26.3 Å². The summed E-state index contributed by atoms with van der Waals surface area (Å²) in [7, 11) is 0. The molecule has 2 nitrogen and oxygen atoms in total. The molecule has 2 aromatic rings. The van der Waals surface area contributed by atoms with Crippen molar-refractivity contribution in [2.75, 3.05) is 0 Å². The van der Waals surface area contributed by atoms with E-state index in [9.17, 15) is 0 Å². The van der Waals surface area contributed by atoms with Gasteiger partial charge >= 0.3 is 0 Å². The number of nitrogens with two attached hydrogens (primary N) is 1. The van der Waals surface area contributed by atoms with E-state index in [0.717, 1.165) is 17.5 Å². The molecule has 0 saturated carbocycles. The van der Waals surface area contributed by atoms with Crippen LogP contribution in [-0.2, 0) is 6.54 Å². The topological polar surface area (TPSA) is 30.9 Å². The molecule has 0 aliphatic carbocycles. The van der Waals surface area contributed by atoms with Crippen LogP contribution in [0, 0.1) is 0 Å². The standard InChI is InChI=1S/C13H16N2S/c1-2-3-8-15-9-7-10-11(13(14)16)5-4-6-12(10)15/h4-7,9H,2-3,8H2,1H3,(H2,14,16). The van der Waals surface area contributed by atoms with Crippen molar-refractivity contribution in [1.29, 1.82) is 0 Å². The van der Waals surface area contributed by atoms with E-state index in [1.54, 1.807) is 0 Å². The number of rotatable bonds is 4. The van der Waals surface area contributed by atoms with Crippen molar-refractivity contribution in [3.8, 4) is 0 Å². The van der Waals surface area contributed by atoms with Crippen molar-refractivity contribution >= 4 is 28.1 Å². The third kappa shape index (κ3) is 1.95. The third-order valence-corrected chi connectivity index (χ3v) is 3.05. The first-order chi connectivity index (χ1) is 7.74. The molecule has 1 aromatic heterocycles. The average molecular weight is 232 g/mol. The molecule has 0 radical (unpaired) electrons. The fourth-order valence-corrected chi connectivity index (χ4v) is 2.14. The minimum atomic E-state index is 0.471. The summed E-state index contributed by atoms with van der Waals surface area (Å²) in [5.41, 5.74) is 7.91. The number of hydrogen-bond acceptors (Lipinski definition) is 1. The van der Waals surface area contributed by atoms with Gasteiger partial charge in [-0.3, -0.25) is 0 Å². The molecule has 0 aliphatic rings. The van der Waals surface area contributed by atoms with Crippen LogP contribution < -0.4 is 5.73 Å². The number of aryl methyl sites for hydroxylation is 1. The lowest BCUT2D eigenvalue weighted by Crippen LogP contribution is -2.09. The van der Waals surface area contributed by atoms with Gasteiger partial charge in [0.25, 0.3) is 0 Å². The van der Waals surface area contributed by atoms with Gasteiger partial charge in [0, 0.05) is 29.2 Å². The summed E-state index contributed by atoms with van der Waals surface area (Å²) in [5, 5.41) is 1.16. The quantitative estimate of drug-likeness (QED) is 0.821. The lowest BCUT2D eigenvalue weighted by molar-refractivity contribution is 0.650. The SMILES string of the molecule is CCCCn1ccc2c(C(N)=S)cccc21. The highest BCUT2D eigenvalue weighted by molar-refractivity contribution is 7.80. The highest BCUT2D eigenvalue weighted by Gasteiger charge is 2.06. The molecule has 84 valence electrons. The van der Waals surface area contributed by atoms with Gasteiger partial charge in [0.05, 0.1) is 0 Å². The molecule has 1 aromatic carbocycles. The molecule has 1 heterocycles. The Labute approximate surface area is 101 Å². The Hall–Kier alpha value is -1.35. The van der Waals surface area contributed by atoms with Crippen LogP contribution in [0.15, 0.2) is 30.5 Å². The molecule has 0 fully saturated rings. The Kier molecular flexibility index (Phi) is 3.25. The van der Waals surface area contributed by atoms with Gasteiger partial charge in [-0.2, -0.15) is 0 Å². The largest absolute Gasteiger partial charge is 0.389 e. The molecule has 3 heteroatoms. The maximum Gasteiger partial charge on any atom is 0.104 e. The number of hydrogen-bond donors (Lipinski definition) is 1. The lowest BCUT2D eigenvalue weighted by Gasteiger charge is -2.05. The van der Waals surface area contributed by atoms with E-state index in [1.807, 2.05) is 12.1 Å². The van der Waals surface area contributed by atoms with Crippen LogP contribution in [0.2, 0.25) is 0 Å². The molecule has 0 amide bonds. The predicted octanol–water partition coefficient (Wildman–Crippen LogP) is 3.08. The Balaban J connectivity index is 2.48. The number of nitrogens with zero attached hydrogens (tertiary/aromatic N) is 1. The Morgan fingerprint density at radius 3 is 2.88 bits per heavy atom. The summed E-state index contributed by atoms with van der Waals surface area (Å²) >= 11 is 5.05. The molecule has 0 saturated heterocycles. The van der Waals surface area contributed by atoms with Crippen LogP contribution in [0.5, 0.6) is 0 Å². The first-order valence-electron chi connectivity index (χ1n) is 5.61. The predicted molar refractivity (Wildman–Crippen MR) is 72.7 cm³/mol. The Morgan fingerprint density at radius 2 is 2.19 bits per heavy atom. The van der Waals surface area contributed by atoms with Crippen LogP contribution in [0.3, 0.4) is 0 Å². The van der Waals surface area contributed by atoms with Gasteiger partial charge in [-0.05, 0) is 18.6 Å². The normalized spacial score (nSPS) is 10.8. The number of unbranched alkanes of at least 4 members (excludes halogenated alkanes) is 1. The minimum absolute atomic E-state index is 0.471. The second-order valence-corrected chi connectivity index (χ2v) is 4.41. The molecule has 0 atom stereocenters. The van der Waals surface area contributed by atoms with Gasteiger partial charge in [0.2, 0.25) is 0 Å². The van der Waals surface area contributed by atoms with Crippen molar-refractivity contribution in [1.82, 2.24) is 4.57 Å². The van der Waals surface area contributed by atoms with Gasteiger partial charge < -0.3 is 10.3 Å². The first kappa shape index (κ1) is 11.1. The van der Waals surface area contributed by atoms with E-state index in [-0.39, 0.29) is 0 Å². The van der Waals surface area contributed by atoms with E-state index in [4.69, 9.17) is 18.0 Å². The van der Waals surface area contributed by atoms with Crippen LogP contribution in [0.4, 0.5) is 0 Å². The number of aromatic nitrogens is 1. The van der Waals surface area contributed by atoms with Crippen LogP contribution in [0.1, 0.15) is 25.3 Å². The van der Waals surface area contributed by atoms with Crippen molar-refractivity contribution in [3.05, 3.63) is 36.0 Å². The molecule has 2 N–H and O–H groups in total. The molecule has 16 heavy (non-hydrogen) atoms. The average Bonchev–Trinajstić information content (AvgIpc) is 2.69. The second kappa shape index (κ2) is 4.66. The maximum atomic E-state index is 5.71. The second-order valence-electron chi connectivity index (χ2n) is 3.97. The Bertz CT molecular complexity index is 514. The van der Waals surface area contributed by atoms with Crippen molar-refractivity contribution in [2.24, 2.45) is 5.73 Å². The van der Waals surface area contributed by atoms with Crippen LogP contribution in [0.25, 0.3) is 10.9 Å². The fraction of sp³-hybridized carbons (Fsp3) is 0.308. The molecular formula is C13H16N2S. The van der Waals surface area contributed by atoms with E-state index in [2.05, 4.69) is 29.8 Å². The van der Waals surface area contributed by atoms with Crippen molar-refractivity contribution < 1.29 is 0 Å². The molecule has 0 bridgehead atoms. The smallest absolute Gasteiger partial charge is 0.104 e. The summed E-state index contributed by atoms with van der Waals surface area (Å²) in [4.78, 5) is 0.471. The lowest BCUT2D eigenvalue weighted by atomic mass is 10.1. The summed E-state index contributed by atoms with van der Waals surface area (Å²) in [6.07, 6.45) is 4.51. The number of fused-ring (bicyclic) bond motifs is 1. The third-order valence-electron chi connectivity index (χ3n) is 2.83. The van der Waals surface area contributed by atoms with E-state index in [1.165, 1.54) is 18.4 Å². The molecule has 0 aliphatic heterocycles. The van der Waals surface area contributed by atoms with Gasteiger partial charge in [0.1, 0.15) is 4.99 Å². The summed E-state index contributed by atoms with van der Waals surface area (Å²) in [6.45, 7) is 3.26. The highest BCUT2D eigenvalue weighted by Crippen LogP contribution is 2.20. The molecular weight excluding hydrogens is 216 g/mol. The van der Waals surface area contributed by atoms with Gasteiger partial charge in [-0.1, -0.05) is 37.7 Å². The first-order valence-corrected chi connectivity index (χ1v) is 6.02. The van der Waals surface area contributed by atoms with E-state index in [0.29, 0.717) is 4.99 Å². The monoisotopic (exact) mass is 232 g/mol. The zero-order valence-electron chi connectivity index (χ0n) is 9.44. The molecule has 2 rings (SSSR count). The van der Waals surface area contributed by atoms with Crippen molar-refractivity contribution in [3.63, 3.8) is 0 Å². The number of thiocarbonyl (C=S) groups is 1.